The number of ketones is 1. The molecule has 0 aromatic heterocycles. The number of Topliss-reactive ketones (excluding diaryl/α,β-unsaturated/α-hetero) is 1. The topological polar surface area (TPSA) is 166 Å². The molecule has 0 saturated carbocycles. The van der Waals surface area contributed by atoms with E-state index in [1.54, 1.807) is 36.5 Å². The number of amidine groups is 4. The number of nitrogens with zero attached hydrogens (tertiary/aromatic N) is 4. The zero-order valence-corrected chi connectivity index (χ0v) is 13.5. The molecule has 0 aromatic carbocycles. The third-order valence-corrected chi connectivity index (χ3v) is 4.15. The number of nitrogens with one attached hydrogen (secondary N) is 2. The van der Waals surface area contributed by atoms with Crippen molar-refractivity contribution in [3.05, 3.63) is 47.6 Å². The summed E-state index contributed by atoms with van der Waals surface area (Å²) >= 11 is 0. The third-order valence-electron chi connectivity index (χ3n) is 4.15. The van der Waals surface area contributed by atoms with Crippen molar-refractivity contribution in [3.8, 4) is 0 Å². The van der Waals surface area contributed by atoms with Crippen molar-refractivity contribution in [2.45, 2.75) is 12.1 Å². The molecule has 9 heteroatoms. The van der Waals surface area contributed by atoms with Crippen LogP contribution in [0.25, 0.3) is 0 Å². The van der Waals surface area contributed by atoms with Crippen LogP contribution in [-0.4, -0.2) is 52.6 Å². The molecule has 6 N–H and O–H groups in total. The first kappa shape index (κ1) is 15.8. The van der Waals surface area contributed by atoms with Crippen molar-refractivity contribution in [1.82, 2.24) is 0 Å². The minimum absolute atomic E-state index is 0.0252. The molecule has 2 aliphatic heterocycles. The van der Waals surface area contributed by atoms with Crippen LogP contribution in [0, 0.1) is 10.8 Å². The summed E-state index contributed by atoms with van der Waals surface area (Å²) in [4.78, 5) is 29.7. The molecule has 26 heavy (non-hydrogen) atoms. The molecule has 2 heterocycles. The number of carbonyl (C=O) groups excluding carboxylic acids is 1. The van der Waals surface area contributed by atoms with Gasteiger partial charge in [0.1, 0.15) is 23.8 Å². The van der Waals surface area contributed by atoms with Crippen molar-refractivity contribution < 1.29 is 4.79 Å². The van der Waals surface area contributed by atoms with E-state index in [1.165, 1.54) is 0 Å². The predicted molar refractivity (Wildman–Crippen MR) is 101 cm³/mol. The Morgan fingerprint density at radius 3 is 1.65 bits per heavy atom. The van der Waals surface area contributed by atoms with Gasteiger partial charge in [-0.15, -0.1) is 0 Å². The van der Waals surface area contributed by atoms with Gasteiger partial charge in [0.25, 0.3) is 5.78 Å². The van der Waals surface area contributed by atoms with E-state index in [0.29, 0.717) is 22.6 Å². The van der Waals surface area contributed by atoms with Gasteiger partial charge in [-0.2, -0.15) is 0 Å². The van der Waals surface area contributed by atoms with E-state index in [0.717, 1.165) is 0 Å². The van der Waals surface area contributed by atoms with Crippen LogP contribution in [0.5, 0.6) is 0 Å². The summed E-state index contributed by atoms with van der Waals surface area (Å²) in [6.45, 7) is 0. The van der Waals surface area contributed by atoms with Crippen LogP contribution in [0.1, 0.15) is 0 Å². The maximum absolute atomic E-state index is 12.7. The third kappa shape index (κ3) is 2.55. The molecule has 2 unspecified atom stereocenters. The predicted octanol–water partition coefficient (Wildman–Crippen LogP) is -0.137. The Balaban J connectivity index is 1.59. The van der Waals surface area contributed by atoms with Crippen molar-refractivity contribution in [2.75, 3.05) is 0 Å². The maximum atomic E-state index is 12.7. The molecular formula is C17H14N8O. The minimum Gasteiger partial charge on any atom is -0.384 e. The summed E-state index contributed by atoms with van der Waals surface area (Å²) in [5, 5.41) is 15.0. The van der Waals surface area contributed by atoms with Crippen LogP contribution in [0.3, 0.4) is 0 Å². The Morgan fingerprint density at radius 2 is 1.27 bits per heavy atom. The second-order valence-corrected chi connectivity index (χ2v) is 5.94. The highest BCUT2D eigenvalue weighted by molar-refractivity contribution is 6.68. The Labute approximate surface area is 148 Å². The fourth-order valence-electron chi connectivity index (χ4n) is 2.81. The second kappa shape index (κ2) is 5.66. The number of carbonyl (C=O) groups is 1. The molecule has 128 valence electrons. The Hall–Kier alpha value is -3.75. The lowest BCUT2D eigenvalue weighted by molar-refractivity contribution is -0.107. The summed E-state index contributed by atoms with van der Waals surface area (Å²) in [5.41, 5.74) is 13.1. The van der Waals surface area contributed by atoms with Crippen LogP contribution < -0.4 is 11.5 Å². The van der Waals surface area contributed by atoms with Gasteiger partial charge in [-0.3, -0.25) is 15.6 Å². The Morgan fingerprint density at radius 1 is 0.846 bits per heavy atom. The van der Waals surface area contributed by atoms with E-state index in [9.17, 15) is 4.79 Å². The van der Waals surface area contributed by atoms with E-state index in [2.05, 4.69) is 20.0 Å². The number of hydrogen-bond donors (Lipinski definition) is 4. The van der Waals surface area contributed by atoms with Gasteiger partial charge in [0.15, 0.2) is 0 Å². The SMILES string of the molecule is N=C(N)C1=CC2=NC(C(=O)C3=NC4C=CC(C(=N)N)=CC4=N3)=NC2C=C1. The zero-order valence-electron chi connectivity index (χ0n) is 13.5. The van der Waals surface area contributed by atoms with Crippen molar-refractivity contribution in [3.63, 3.8) is 0 Å². The highest BCUT2D eigenvalue weighted by Gasteiger charge is 2.32. The standard InChI is InChI=1S/C17H14N8O/c18-14(19)7-1-3-9-11(5-7)24-16(22-9)13(26)17-23-10-4-2-8(15(20)21)6-12(10)25-17/h1-6,9-10H,(H3,18,19)(H3,20,21). The number of nitrogens with two attached hydrogens (primary N) is 2. The number of hydrogen-bond acceptors (Lipinski definition) is 7. The molecule has 4 aliphatic rings. The minimum atomic E-state index is -0.467. The lowest BCUT2D eigenvalue weighted by Crippen LogP contribution is -2.20. The maximum Gasteiger partial charge on any atom is 0.266 e. The van der Waals surface area contributed by atoms with Gasteiger partial charge in [0, 0.05) is 11.1 Å². The number of rotatable bonds is 4. The monoisotopic (exact) mass is 346 g/mol. The molecule has 0 fully saturated rings. The average molecular weight is 346 g/mol. The normalized spacial score (nSPS) is 25.2. The molecule has 2 aliphatic carbocycles. The van der Waals surface area contributed by atoms with Crippen molar-refractivity contribution in [2.24, 2.45) is 31.4 Å². The van der Waals surface area contributed by atoms with E-state index in [-0.39, 0.29) is 35.4 Å². The second-order valence-electron chi connectivity index (χ2n) is 5.94. The van der Waals surface area contributed by atoms with Crippen LogP contribution in [0.4, 0.5) is 0 Å². The van der Waals surface area contributed by atoms with E-state index < -0.39 is 5.78 Å². The lowest BCUT2D eigenvalue weighted by atomic mass is 10.0. The van der Waals surface area contributed by atoms with E-state index in [1.807, 2.05) is 0 Å². The fraction of sp³-hybridized carbons (Fsp3) is 0.118. The molecule has 0 radical (unpaired) electrons. The first-order valence-corrected chi connectivity index (χ1v) is 7.78. The summed E-state index contributed by atoms with van der Waals surface area (Å²) in [5.74, 6) is -0.559. The van der Waals surface area contributed by atoms with Gasteiger partial charge < -0.3 is 11.5 Å². The van der Waals surface area contributed by atoms with Gasteiger partial charge in [-0.05, 0) is 12.2 Å². The van der Waals surface area contributed by atoms with E-state index >= 15 is 0 Å². The zero-order chi connectivity index (χ0) is 18.4. The molecule has 2 atom stereocenters. The summed E-state index contributed by atoms with van der Waals surface area (Å²) in [6, 6.07) is -0.726. The summed E-state index contributed by atoms with van der Waals surface area (Å²) in [6.07, 6.45) is 10.1. The molecule has 0 aromatic rings. The first-order valence-electron chi connectivity index (χ1n) is 7.78. The van der Waals surface area contributed by atoms with Crippen LogP contribution in [0.15, 0.2) is 67.6 Å². The van der Waals surface area contributed by atoms with Gasteiger partial charge in [0.05, 0.1) is 11.4 Å². The van der Waals surface area contributed by atoms with Crippen molar-refractivity contribution in [1.29, 1.82) is 10.8 Å². The molecule has 0 spiro atoms. The van der Waals surface area contributed by atoms with Crippen LogP contribution in [-0.2, 0) is 4.79 Å². The molecule has 0 bridgehead atoms. The molecule has 0 amide bonds. The molecule has 0 saturated heterocycles. The quantitative estimate of drug-likeness (QED) is 0.411. The first-order chi connectivity index (χ1) is 12.4. The molecule has 9 nitrogen and oxygen atoms in total. The number of fused-ring (bicyclic) bond motifs is 2. The molecule has 4 rings (SSSR count). The Bertz CT molecular complexity index is 935. The molecular weight excluding hydrogens is 332 g/mol. The highest BCUT2D eigenvalue weighted by atomic mass is 16.1. The summed E-state index contributed by atoms with van der Waals surface area (Å²) in [7, 11) is 0. The van der Waals surface area contributed by atoms with Gasteiger partial charge in [0.2, 0.25) is 11.7 Å². The average Bonchev–Trinajstić information content (AvgIpc) is 3.23. The summed E-state index contributed by atoms with van der Waals surface area (Å²) < 4.78 is 0. The fourth-order valence-corrected chi connectivity index (χ4v) is 2.81. The smallest absolute Gasteiger partial charge is 0.266 e. The van der Waals surface area contributed by atoms with Gasteiger partial charge in [-0.1, -0.05) is 24.3 Å². The van der Waals surface area contributed by atoms with Gasteiger partial charge in [-0.25, -0.2) is 20.0 Å². The Kier molecular flexibility index (Phi) is 3.43. The van der Waals surface area contributed by atoms with Crippen molar-refractivity contribution >= 4 is 40.5 Å². The van der Waals surface area contributed by atoms with Crippen LogP contribution >= 0.6 is 0 Å². The number of aliphatic imine (C=N–C) groups is 4. The van der Waals surface area contributed by atoms with Gasteiger partial charge >= 0.3 is 0 Å². The lowest BCUT2D eigenvalue weighted by Gasteiger charge is -2.09. The highest BCUT2D eigenvalue weighted by Crippen LogP contribution is 2.20. The van der Waals surface area contributed by atoms with E-state index in [4.69, 9.17) is 22.3 Å². The van der Waals surface area contributed by atoms with Crippen LogP contribution in [0.2, 0.25) is 0 Å². The largest absolute Gasteiger partial charge is 0.384 e.